The monoisotopic (exact) mass is 356 g/mol. The van der Waals surface area contributed by atoms with Gasteiger partial charge in [-0.05, 0) is 55.2 Å². The lowest BCUT2D eigenvalue weighted by atomic mass is 9.98. The summed E-state index contributed by atoms with van der Waals surface area (Å²) >= 11 is 16.2. The van der Waals surface area contributed by atoms with Crippen molar-refractivity contribution in [2.45, 2.75) is 25.6 Å². The SMILES string of the molecule is Cc1ccc(C)c(CC(Cl)c2cc(Br)ccc2Cl)c1. The lowest BCUT2D eigenvalue weighted by molar-refractivity contribution is 0.908. The van der Waals surface area contributed by atoms with Gasteiger partial charge in [-0.3, -0.25) is 0 Å². The van der Waals surface area contributed by atoms with Gasteiger partial charge in [0.2, 0.25) is 0 Å². The van der Waals surface area contributed by atoms with Crippen LogP contribution in [0.4, 0.5) is 0 Å². The van der Waals surface area contributed by atoms with Gasteiger partial charge in [0.15, 0.2) is 0 Å². The zero-order valence-corrected chi connectivity index (χ0v) is 14.0. The van der Waals surface area contributed by atoms with Crippen molar-refractivity contribution in [1.82, 2.24) is 0 Å². The Kier molecular flexibility index (Phi) is 4.94. The highest BCUT2D eigenvalue weighted by Gasteiger charge is 2.14. The molecule has 100 valence electrons. The maximum atomic E-state index is 6.54. The minimum atomic E-state index is -0.120. The van der Waals surface area contributed by atoms with Crippen LogP contribution in [0.15, 0.2) is 40.9 Å². The molecule has 1 unspecified atom stereocenters. The molecular weight excluding hydrogens is 343 g/mol. The van der Waals surface area contributed by atoms with Gasteiger partial charge in [0, 0.05) is 9.50 Å². The Hall–Kier alpha value is -0.500. The Bertz CT molecular complexity index is 593. The highest BCUT2D eigenvalue weighted by atomic mass is 79.9. The van der Waals surface area contributed by atoms with E-state index in [1.54, 1.807) is 0 Å². The van der Waals surface area contributed by atoms with Gasteiger partial charge < -0.3 is 0 Å². The second-order valence-electron chi connectivity index (χ2n) is 4.77. The molecule has 0 aliphatic rings. The van der Waals surface area contributed by atoms with Crippen LogP contribution in [0.5, 0.6) is 0 Å². The Balaban J connectivity index is 2.27. The molecule has 0 saturated heterocycles. The van der Waals surface area contributed by atoms with Crippen molar-refractivity contribution in [1.29, 1.82) is 0 Å². The summed E-state index contributed by atoms with van der Waals surface area (Å²) in [6.07, 6.45) is 0.783. The average Bonchev–Trinajstić information content (AvgIpc) is 2.36. The topological polar surface area (TPSA) is 0 Å². The number of hydrogen-bond donors (Lipinski definition) is 0. The predicted octanol–water partition coefficient (Wildman–Crippen LogP) is 6.24. The maximum absolute atomic E-state index is 6.54. The number of rotatable bonds is 3. The zero-order valence-electron chi connectivity index (χ0n) is 10.9. The average molecular weight is 358 g/mol. The Morgan fingerprint density at radius 2 is 1.84 bits per heavy atom. The molecule has 19 heavy (non-hydrogen) atoms. The fraction of sp³-hybridized carbons (Fsp3) is 0.250. The van der Waals surface area contributed by atoms with Crippen molar-refractivity contribution in [3.05, 3.63) is 68.1 Å². The van der Waals surface area contributed by atoms with Crippen LogP contribution in [0.3, 0.4) is 0 Å². The first-order chi connectivity index (χ1) is 8.97. The van der Waals surface area contributed by atoms with Crippen LogP contribution >= 0.6 is 39.1 Å². The smallest absolute Gasteiger partial charge is 0.0640 e. The summed E-state index contributed by atoms with van der Waals surface area (Å²) in [6, 6.07) is 12.2. The molecule has 0 spiro atoms. The van der Waals surface area contributed by atoms with Crippen LogP contribution in [0.2, 0.25) is 5.02 Å². The van der Waals surface area contributed by atoms with Crippen LogP contribution < -0.4 is 0 Å². The van der Waals surface area contributed by atoms with E-state index in [0.717, 1.165) is 16.5 Å². The second kappa shape index (κ2) is 6.30. The molecule has 2 aromatic carbocycles. The summed E-state index contributed by atoms with van der Waals surface area (Å²) in [5.74, 6) is 0. The van der Waals surface area contributed by atoms with E-state index in [0.29, 0.717) is 5.02 Å². The van der Waals surface area contributed by atoms with E-state index >= 15 is 0 Å². The van der Waals surface area contributed by atoms with Gasteiger partial charge in [-0.25, -0.2) is 0 Å². The van der Waals surface area contributed by atoms with E-state index in [9.17, 15) is 0 Å². The Morgan fingerprint density at radius 3 is 2.58 bits per heavy atom. The molecule has 0 heterocycles. The molecule has 0 N–H and O–H groups in total. The van der Waals surface area contributed by atoms with Crippen molar-refractivity contribution in [2.24, 2.45) is 0 Å². The van der Waals surface area contributed by atoms with Crippen molar-refractivity contribution in [2.75, 3.05) is 0 Å². The summed E-state index contributed by atoms with van der Waals surface area (Å²) in [5, 5.41) is 0.596. The van der Waals surface area contributed by atoms with Crippen molar-refractivity contribution in [3.63, 3.8) is 0 Å². The molecular formula is C16H15BrCl2. The molecule has 3 heteroatoms. The first-order valence-corrected chi connectivity index (χ1v) is 7.73. The molecule has 0 aliphatic heterocycles. The Morgan fingerprint density at radius 1 is 1.11 bits per heavy atom. The molecule has 2 aromatic rings. The molecule has 0 fully saturated rings. The van der Waals surface area contributed by atoms with Crippen LogP contribution in [0, 0.1) is 13.8 Å². The number of alkyl halides is 1. The fourth-order valence-corrected chi connectivity index (χ4v) is 3.11. The highest BCUT2D eigenvalue weighted by Crippen LogP contribution is 2.33. The third-order valence-corrected chi connectivity index (χ3v) is 4.43. The lowest BCUT2D eigenvalue weighted by Crippen LogP contribution is -1.99. The van der Waals surface area contributed by atoms with Gasteiger partial charge >= 0.3 is 0 Å². The first kappa shape index (κ1) is 14.9. The van der Waals surface area contributed by atoms with Crippen molar-refractivity contribution in [3.8, 4) is 0 Å². The van der Waals surface area contributed by atoms with Gasteiger partial charge in [-0.2, -0.15) is 0 Å². The van der Waals surface area contributed by atoms with E-state index in [-0.39, 0.29) is 5.38 Å². The number of halogens is 3. The molecule has 0 bridgehead atoms. The third kappa shape index (κ3) is 3.75. The minimum absolute atomic E-state index is 0.120. The summed E-state index contributed by atoms with van der Waals surface area (Å²) in [4.78, 5) is 0. The zero-order chi connectivity index (χ0) is 14.0. The normalized spacial score (nSPS) is 12.5. The highest BCUT2D eigenvalue weighted by molar-refractivity contribution is 9.10. The van der Waals surface area contributed by atoms with Crippen LogP contribution in [-0.2, 0) is 6.42 Å². The largest absolute Gasteiger partial charge is 0.117 e. The minimum Gasteiger partial charge on any atom is -0.117 e. The number of benzene rings is 2. The molecule has 2 rings (SSSR count). The van der Waals surface area contributed by atoms with Gasteiger partial charge in [-0.15, -0.1) is 11.6 Å². The van der Waals surface area contributed by atoms with E-state index in [1.165, 1.54) is 16.7 Å². The van der Waals surface area contributed by atoms with E-state index in [4.69, 9.17) is 23.2 Å². The van der Waals surface area contributed by atoms with Crippen LogP contribution in [-0.4, -0.2) is 0 Å². The summed E-state index contributed by atoms with van der Waals surface area (Å²) in [6.45, 7) is 4.21. The lowest BCUT2D eigenvalue weighted by Gasteiger charge is -2.14. The van der Waals surface area contributed by atoms with E-state index in [2.05, 4.69) is 48.0 Å². The van der Waals surface area contributed by atoms with Crippen molar-refractivity contribution < 1.29 is 0 Å². The maximum Gasteiger partial charge on any atom is 0.0640 e. The van der Waals surface area contributed by atoms with Gasteiger partial charge in [0.1, 0.15) is 0 Å². The van der Waals surface area contributed by atoms with Crippen molar-refractivity contribution >= 4 is 39.1 Å². The molecule has 0 amide bonds. The molecule has 0 aromatic heterocycles. The standard InChI is InChI=1S/C16H15BrCl2/c1-10-3-4-11(2)12(7-10)8-16(19)14-9-13(17)5-6-15(14)18/h3-7,9,16H,8H2,1-2H3. The molecule has 0 nitrogen and oxygen atoms in total. The molecule has 0 aliphatic carbocycles. The third-order valence-electron chi connectivity index (χ3n) is 3.20. The van der Waals surface area contributed by atoms with Gasteiger partial charge in [0.05, 0.1) is 5.38 Å². The van der Waals surface area contributed by atoms with E-state index < -0.39 is 0 Å². The molecule has 0 radical (unpaired) electrons. The predicted molar refractivity (Wildman–Crippen MR) is 87.4 cm³/mol. The fourth-order valence-electron chi connectivity index (χ4n) is 2.08. The first-order valence-electron chi connectivity index (χ1n) is 6.12. The Labute approximate surface area is 132 Å². The molecule has 0 saturated carbocycles. The number of hydrogen-bond acceptors (Lipinski definition) is 0. The summed E-state index contributed by atoms with van der Waals surface area (Å²) in [7, 11) is 0. The molecule has 1 atom stereocenters. The summed E-state index contributed by atoms with van der Waals surface area (Å²) < 4.78 is 0.999. The number of aryl methyl sites for hydroxylation is 2. The quantitative estimate of drug-likeness (QED) is 0.570. The van der Waals surface area contributed by atoms with Crippen LogP contribution in [0.25, 0.3) is 0 Å². The van der Waals surface area contributed by atoms with E-state index in [1.807, 2.05) is 18.2 Å². The second-order valence-corrected chi connectivity index (χ2v) is 6.62. The van der Waals surface area contributed by atoms with Crippen LogP contribution in [0.1, 0.15) is 27.6 Å². The summed E-state index contributed by atoms with van der Waals surface area (Å²) in [5.41, 5.74) is 4.77. The van der Waals surface area contributed by atoms with Gasteiger partial charge in [-0.1, -0.05) is 51.3 Å². The van der Waals surface area contributed by atoms with Gasteiger partial charge in [0.25, 0.3) is 0 Å².